The van der Waals surface area contributed by atoms with Crippen molar-refractivity contribution in [2.24, 2.45) is 0 Å². The predicted octanol–water partition coefficient (Wildman–Crippen LogP) is 0.111. The number of hydrogen-bond acceptors (Lipinski definition) is 4. The van der Waals surface area contributed by atoms with Crippen molar-refractivity contribution in [2.75, 3.05) is 13.6 Å². The van der Waals surface area contributed by atoms with E-state index in [9.17, 15) is 9.59 Å². The maximum absolute atomic E-state index is 12.3. The Balaban J connectivity index is 1.47. The summed E-state index contributed by atoms with van der Waals surface area (Å²) < 4.78 is 1.60. The number of carbonyl (C=O) groups is 2. The number of carbonyl (C=O) groups excluding carboxylic acids is 2. The molecule has 0 saturated carbocycles. The van der Waals surface area contributed by atoms with Gasteiger partial charge in [0.25, 0.3) is 11.8 Å². The average Bonchev–Trinajstić information content (AvgIpc) is 3.23. The topological polar surface area (TPSA) is 95.9 Å². The predicted molar refractivity (Wildman–Crippen MR) is 81.0 cm³/mol. The minimum absolute atomic E-state index is 0.104. The van der Waals surface area contributed by atoms with Crippen molar-refractivity contribution in [1.82, 2.24) is 30.2 Å². The third-order valence-corrected chi connectivity index (χ3v) is 4.53. The van der Waals surface area contributed by atoms with Gasteiger partial charge in [-0.25, -0.2) is 0 Å². The van der Waals surface area contributed by atoms with Gasteiger partial charge in [-0.3, -0.25) is 19.4 Å². The largest absolute Gasteiger partial charge is 0.345 e. The molecular formula is C15H18N6O2. The van der Waals surface area contributed by atoms with Gasteiger partial charge in [0.05, 0.1) is 18.8 Å². The fraction of sp³-hybridized carbons (Fsp3) is 0.467. The maximum atomic E-state index is 12.3. The van der Waals surface area contributed by atoms with Crippen LogP contribution in [0.15, 0.2) is 6.07 Å². The van der Waals surface area contributed by atoms with Crippen LogP contribution in [0.4, 0.5) is 0 Å². The van der Waals surface area contributed by atoms with E-state index >= 15 is 0 Å². The van der Waals surface area contributed by atoms with E-state index in [4.69, 9.17) is 0 Å². The van der Waals surface area contributed by atoms with Gasteiger partial charge in [0.15, 0.2) is 5.69 Å². The molecule has 0 aromatic carbocycles. The number of nitrogens with zero attached hydrogens (tertiary/aromatic N) is 4. The molecule has 2 amide bonds. The molecule has 3 heterocycles. The van der Waals surface area contributed by atoms with Gasteiger partial charge in [-0.1, -0.05) is 0 Å². The van der Waals surface area contributed by atoms with E-state index in [1.54, 1.807) is 22.7 Å². The molecule has 0 saturated heterocycles. The molecule has 0 atom stereocenters. The van der Waals surface area contributed by atoms with Crippen LogP contribution in [0.5, 0.6) is 0 Å². The zero-order chi connectivity index (χ0) is 16.0. The molecule has 8 heteroatoms. The van der Waals surface area contributed by atoms with Crippen LogP contribution in [0.3, 0.4) is 0 Å². The van der Waals surface area contributed by atoms with Crippen molar-refractivity contribution >= 4 is 11.8 Å². The highest BCUT2D eigenvalue weighted by molar-refractivity contribution is 5.98. The van der Waals surface area contributed by atoms with Crippen LogP contribution in [0.25, 0.3) is 0 Å². The minimum atomic E-state index is -0.280. The first-order valence-electron chi connectivity index (χ1n) is 7.80. The standard InChI is InChI=1S/C15H18N6O2/c1-20-5-6-21-13(15(20)23)7-11(19-21)14(22)16-8-12-9-3-2-4-10(9)17-18-12/h7H,2-6,8H2,1H3,(H,16,22)(H,17,18). The van der Waals surface area contributed by atoms with Gasteiger partial charge in [0, 0.05) is 25.4 Å². The monoisotopic (exact) mass is 314 g/mol. The molecule has 23 heavy (non-hydrogen) atoms. The number of amides is 2. The molecule has 1 aliphatic heterocycles. The molecule has 0 radical (unpaired) electrons. The highest BCUT2D eigenvalue weighted by atomic mass is 16.2. The first-order valence-corrected chi connectivity index (χ1v) is 7.80. The summed E-state index contributed by atoms with van der Waals surface area (Å²) in [4.78, 5) is 26.0. The van der Waals surface area contributed by atoms with Crippen LogP contribution in [0.2, 0.25) is 0 Å². The van der Waals surface area contributed by atoms with Gasteiger partial charge in [-0.2, -0.15) is 10.2 Å². The SMILES string of the molecule is CN1CCn2nc(C(=O)NCc3n[nH]c4c3CCC4)cc2C1=O. The Kier molecular flexibility index (Phi) is 3.17. The number of H-pyrrole nitrogens is 1. The number of likely N-dealkylation sites (N-methyl/N-ethyl adjacent to an activating group) is 1. The summed E-state index contributed by atoms with van der Waals surface area (Å²) in [7, 11) is 1.75. The van der Waals surface area contributed by atoms with Crippen molar-refractivity contribution < 1.29 is 9.59 Å². The van der Waals surface area contributed by atoms with Crippen LogP contribution in [0, 0.1) is 0 Å². The van der Waals surface area contributed by atoms with E-state index in [1.807, 2.05) is 0 Å². The Morgan fingerprint density at radius 1 is 1.39 bits per heavy atom. The van der Waals surface area contributed by atoms with Crippen molar-refractivity contribution in [1.29, 1.82) is 0 Å². The van der Waals surface area contributed by atoms with E-state index in [2.05, 4.69) is 20.6 Å². The molecule has 2 N–H and O–H groups in total. The lowest BCUT2D eigenvalue weighted by Gasteiger charge is -2.22. The van der Waals surface area contributed by atoms with E-state index in [1.165, 1.54) is 11.3 Å². The third-order valence-electron chi connectivity index (χ3n) is 4.53. The number of aryl methyl sites for hydroxylation is 1. The lowest BCUT2D eigenvalue weighted by molar-refractivity contribution is 0.0742. The summed E-state index contributed by atoms with van der Waals surface area (Å²) in [5.41, 5.74) is 4.04. The molecule has 1 aliphatic carbocycles. The number of nitrogens with one attached hydrogen (secondary N) is 2. The lowest BCUT2D eigenvalue weighted by Crippen LogP contribution is -2.37. The van der Waals surface area contributed by atoms with Crippen LogP contribution < -0.4 is 5.32 Å². The van der Waals surface area contributed by atoms with Crippen molar-refractivity contribution in [2.45, 2.75) is 32.4 Å². The fourth-order valence-electron chi connectivity index (χ4n) is 3.20. The van der Waals surface area contributed by atoms with Gasteiger partial charge in [-0.15, -0.1) is 0 Å². The Bertz CT molecular complexity index is 790. The average molecular weight is 314 g/mol. The van der Waals surface area contributed by atoms with Crippen molar-refractivity contribution in [3.05, 3.63) is 34.4 Å². The van der Waals surface area contributed by atoms with Gasteiger partial charge in [-0.05, 0) is 24.8 Å². The van der Waals surface area contributed by atoms with Gasteiger partial charge >= 0.3 is 0 Å². The smallest absolute Gasteiger partial charge is 0.272 e. The number of aromatic nitrogens is 4. The van der Waals surface area contributed by atoms with Crippen LogP contribution in [-0.4, -0.2) is 50.3 Å². The lowest BCUT2D eigenvalue weighted by atomic mass is 10.2. The van der Waals surface area contributed by atoms with Gasteiger partial charge < -0.3 is 10.2 Å². The fourth-order valence-corrected chi connectivity index (χ4v) is 3.20. The summed E-state index contributed by atoms with van der Waals surface area (Å²) in [5.74, 6) is -0.384. The summed E-state index contributed by atoms with van der Waals surface area (Å²) >= 11 is 0. The van der Waals surface area contributed by atoms with Crippen molar-refractivity contribution in [3.8, 4) is 0 Å². The van der Waals surface area contributed by atoms with E-state index in [-0.39, 0.29) is 17.5 Å². The normalized spacial score (nSPS) is 16.4. The van der Waals surface area contributed by atoms with Crippen LogP contribution in [0.1, 0.15) is 44.3 Å². The molecule has 0 bridgehead atoms. The molecule has 2 aliphatic rings. The Morgan fingerprint density at radius 2 is 2.26 bits per heavy atom. The summed E-state index contributed by atoms with van der Waals surface area (Å²) in [6, 6.07) is 1.56. The zero-order valence-corrected chi connectivity index (χ0v) is 12.9. The first-order chi connectivity index (χ1) is 11.1. The Hall–Kier alpha value is -2.64. The number of fused-ring (bicyclic) bond motifs is 2. The quantitative estimate of drug-likeness (QED) is 0.840. The van der Waals surface area contributed by atoms with Gasteiger partial charge in [0.2, 0.25) is 0 Å². The third kappa shape index (κ3) is 2.30. The summed E-state index contributed by atoms with van der Waals surface area (Å²) in [6.45, 7) is 1.59. The van der Waals surface area contributed by atoms with E-state index in [0.717, 1.165) is 25.0 Å². The molecule has 0 spiro atoms. The highest BCUT2D eigenvalue weighted by Crippen LogP contribution is 2.22. The molecule has 4 rings (SSSR count). The summed E-state index contributed by atoms with van der Waals surface area (Å²) in [5, 5.41) is 14.4. The second-order valence-electron chi connectivity index (χ2n) is 6.03. The number of rotatable bonds is 3. The molecule has 120 valence electrons. The van der Waals surface area contributed by atoms with Crippen molar-refractivity contribution in [3.63, 3.8) is 0 Å². The van der Waals surface area contributed by atoms with E-state index in [0.29, 0.717) is 25.3 Å². The highest BCUT2D eigenvalue weighted by Gasteiger charge is 2.26. The van der Waals surface area contributed by atoms with Crippen LogP contribution in [-0.2, 0) is 25.9 Å². The second-order valence-corrected chi connectivity index (χ2v) is 6.03. The minimum Gasteiger partial charge on any atom is -0.345 e. The molecular weight excluding hydrogens is 296 g/mol. The maximum Gasteiger partial charge on any atom is 0.272 e. The molecule has 0 fully saturated rings. The molecule has 2 aromatic rings. The summed E-state index contributed by atoms with van der Waals surface area (Å²) in [6.07, 6.45) is 3.17. The number of hydrogen-bond donors (Lipinski definition) is 2. The molecule has 2 aromatic heterocycles. The first kappa shape index (κ1) is 14.0. The number of aromatic amines is 1. The zero-order valence-electron chi connectivity index (χ0n) is 12.9. The Morgan fingerprint density at radius 3 is 3.13 bits per heavy atom. The molecule has 0 unspecified atom stereocenters. The Labute approximate surface area is 132 Å². The van der Waals surface area contributed by atoms with Crippen LogP contribution >= 0.6 is 0 Å². The van der Waals surface area contributed by atoms with Gasteiger partial charge in [0.1, 0.15) is 5.69 Å². The second kappa shape index (κ2) is 5.22. The molecule has 8 nitrogen and oxygen atoms in total. The van der Waals surface area contributed by atoms with E-state index < -0.39 is 0 Å².